The molecule has 2 aromatic carbocycles. The van der Waals surface area contributed by atoms with E-state index in [-0.39, 0.29) is 0 Å². The summed E-state index contributed by atoms with van der Waals surface area (Å²) in [6.45, 7) is 2.73. The van der Waals surface area contributed by atoms with Crippen LogP contribution in [-0.4, -0.2) is 0 Å². The van der Waals surface area contributed by atoms with Gasteiger partial charge in [0, 0.05) is 17.2 Å². The fourth-order valence-electron chi connectivity index (χ4n) is 1.69. The summed E-state index contributed by atoms with van der Waals surface area (Å²) in [4.78, 5) is 1.31. The molecule has 0 aliphatic rings. The van der Waals surface area contributed by atoms with E-state index in [0.29, 0.717) is 6.54 Å². The second-order valence-electron chi connectivity index (χ2n) is 4.07. The zero-order chi connectivity index (χ0) is 12.1. The van der Waals surface area contributed by atoms with Gasteiger partial charge in [0.2, 0.25) is 0 Å². The molecular formula is C15H17NS. The SMILES string of the molecule is Cc1ccc(SCc2ccccc2CN)cc1. The third-order valence-corrected chi connectivity index (χ3v) is 3.81. The van der Waals surface area contributed by atoms with E-state index in [2.05, 4.69) is 49.4 Å². The molecule has 0 bridgehead atoms. The van der Waals surface area contributed by atoms with Gasteiger partial charge in [-0.05, 0) is 30.2 Å². The van der Waals surface area contributed by atoms with Crippen molar-refractivity contribution < 1.29 is 0 Å². The van der Waals surface area contributed by atoms with E-state index in [9.17, 15) is 0 Å². The lowest BCUT2D eigenvalue weighted by Gasteiger charge is -2.07. The lowest BCUT2D eigenvalue weighted by Crippen LogP contribution is -2.00. The van der Waals surface area contributed by atoms with Crippen molar-refractivity contribution in [3.05, 3.63) is 65.2 Å². The Morgan fingerprint density at radius 2 is 1.59 bits per heavy atom. The zero-order valence-electron chi connectivity index (χ0n) is 10.0. The topological polar surface area (TPSA) is 26.0 Å². The van der Waals surface area contributed by atoms with E-state index in [4.69, 9.17) is 5.73 Å². The second kappa shape index (κ2) is 5.89. The summed E-state index contributed by atoms with van der Waals surface area (Å²) in [6.07, 6.45) is 0. The van der Waals surface area contributed by atoms with Crippen LogP contribution in [0.5, 0.6) is 0 Å². The van der Waals surface area contributed by atoms with Gasteiger partial charge in [0.05, 0.1) is 0 Å². The largest absolute Gasteiger partial charge is 0.326 e. The highest BCUT2D eigenvalue weighted by atomic mass is 32.2. The highest BCUT2D eigenvalue weighted by Gasteiger charge is 2.01. The van der Waals surface area contributed by atoms with Gasteiger partial charge in [-0.1, -0.05) is 42.0 Å². The molecule has 2 N–H and O–H groups in total. The van der Waals surface area contributed by atoms with Gasteiger partial charge in [-0.2, -0.15) is 0 Å². The molecule has 0 heterocycles. The first-order valence-corrected chi connectivity index (χ1v) is 6.74. The van der Waals surface area contributed by atoms with Crippen LogP contribution in [-0.2, 0) is 12.3 Å². The molecule has 2 heteroatoms. The highest BCUT2D eigenvalue weighted by molar-refractivity contribution is 7.98. The van der Waals surface area contributed by atoms with Crippen LogP contribution in [0.1, 0.15) is 16.7 Å². The smallest absolute Gasteiger partial charge is 0.0235 e. The van der Waals surface area contributed by atoms with Crippen LogP contribution in [0, 0.1) is 6.92 Å². The molecule has 0 fully saturated rings. The minimum absolute atomic E-state index is 0.616. The van der Waals surface area contributed by atoms with E-state index < -0.39 is 0 Å². The Labute approximate surface area is 107 Å². The number of rotatable bonds is 4. The summed E-state index contributed by atoms with van der Waals surface area (Å²) in [5.41, 5.74) is 9.61. The van der Waals surface area contributed by atoms with Crippen LogP contribution in [0.2, 0.25) is 0 Å². The maximum Gasteiger partial charge on any atom is 0.0235 e. The van der Waals surface area contributed by atoms with Crippen molar-refractivity contribution in [1.82, 2.24) is 0 Å². The Hall–Kier alpha value is -1.25. The molecule has 0 aliphatic carbocycles. The first-order valence-electron chi connectivity index (χ1n) is 5.76. The molecule has 0 aromatic heterocycles. The van der Waals surface area contributed by atoms with Crippen molar-refractivity contribution in [2.24, 2.45) is 5.73 Å². The molecule has 2 rings (SSSR count). The second-order valence-corrected chi connectivity index (χ2v) is 5.12. The molecule has 0 radical (unpaired) electrons. The van der Waals surface area contributed by atoms with E-state index in [1.165, 1.54) is 21.6 Å². The van der Waals surface area contributed by atoms with Gasteiger partial charge in [-0.25, -0.2) is 0 Å². The molecule has 0 saturated heterocycles. The number of hydrogen-bond donors (Lipinski definition) is 1. The standard InChI is InChI=1S/C15H17NS/c1-12-6-8-15(9-7-12)17-11-14-5-3-2-4-13(14)10-16/h2-9H,10-11,16H2,1H3. The van der Waals surface area contributed by atoms with Gasteiger partial charge < -0.3 is 5.73 Å². The van der Waals surface area contributed by atoms with Crippen molar-refractivity contribution in [3.63, 3.8) is 0 Å². The monoisotopic (exact) mass is 243 g/mol. The predicted molar refractivity (Wildman–Crippen MR) is 75.1 cm³/mol. The van der Waals surface area contributed by atoms with Crippen molar-refractivity contribution in [2.75, 3.05) is 0 Å². The average Bonchev–Trinajstić information content (AvgIpc) is 2.38. The van der Waals surface area contributed by atoms with Gasteiger partial charge in [-0.3, -0.25) is 0 Å². The molecule has 0 atom stereocenters. The van der Waals surface area contributed by atoms with E-state index in [1.54, 1.807) is 0 Å². The Morgan fingerprint density at radius 1 is 0.941 bits per heavy atom. The molecule has 17 heavy (non-hydrogen) atoms. The molecule has 1 nitrogen and oxygen atoms in total. The Bertz CT molecular complexity index is 477. The number of aryl methyl sites for hydroxylation is 1. The number of benzene rings is 2. The van der Waals surface area contributed by atoms with Gasteiger partial charge in [0.25, 0.3) is 0 Å². The summed E-state index contributed by atoms with van der Waals surface area (Å²) >= 11 is 1.86. The molecule has 0 aliphatic heterocycles. The zero-order valence-corrected chi connectivity index (χ0v) is 10.8. The van der Waals surface area contributed by atoms with Gasteiger partial charge in [0.1, 0.15) is 0 Å². The average molecular weight is 243 g/mol. The van der Waals surface area contributed by atoms with Gasteiger partial charge >= 0.3 is 0 Å². The van der Waals surface area contributed by atoms with Crippen molar-refractivity contribution >= 4 is 11.8 Å². The van der Waals surface area contributed by atoms with E-state index in [1.807, 2.05) is 17.8 Å². The Balaban J connectivity index is 2.04. The molecule has 0 spiro atoms. The maximum atomic E-state index is 5.73. The third kappa shape index (κ3) is 3.35. The van der Waals surface area contributed by atoms with Crippen molar-refractivity contribution in [3.8, 4) is 0 Å². The molecule has 0 amide bonds. The summed E-state index contributed by atoms with van der Waals surface area (Å²) in [5.74, 6) is 0.983. The quantitative estimate of drug-likeness (QED) is 0.828. The Kier molecular flexibility index (Phi) is 4.24. The lowest BCUT2D eigenvalue weighted by atomic mass is 10.1. The van der Waals surface area contributed by atoms with Crippen LogP contribution in [0.4, 0.5) is 0 Å². The normalized spacial score (nSPS) is 10.5. The highest BCUT2D eigenvalue weighted by Crippen LogP contribution is 2.24. The van der Waals surface area contributed by atoms with Gasteiger partial charge in [-0.15, -0.1) is 11.8 Å². The summed E-state index contributed by atoms with van der Waals surface area (Å²) < 4.78 is 0. The minimum Gasteiger partial charge on any atom is -0.326 e. The lowest BCUT2D eigenvalue weighted by molar-refractivity contribution is 1.04. The van der Waals surface area contributed by atoms with Crippen LogP contribution in [0.3, 0.4) is 0 Å². The predicted octanol–water partition coefficient (Wildman–Crippen LogP) is 3.75. The van der Waals surface area contributed by atoms with Crippen LogP contribution >= 0.6 is 11.8 Å². The summed E-state index contributed by atoms with van der Waals surface area (Å²) in [7, 11) is 0. The molecular weight excluding hydrogens is 226 g/mol. The molecule has 2 aromatic rings. The number of hydrogen-bond acceptors (Lipinski definition) is 2. The molecule has 0 unspecified atom stereocenters. The minimum atomic E-state index is 0.616. The summed E-state index contributed by atoms with van der Waals surface area (Å²) in [6, 6.07) is 17.0. The third-order valence-electron chi connectivity index (χ3n) is 2.75. The van der Waals surface area contributed by atoms with E-state index >= 15 is 0 Å². The van der Waals surface area contributed by atoms with Crippen LogP contribution in [0.25, 0.3) is 0 Å². The first-order chi connectivity index (χ1) is 8.29. The fraction of sp³-hybridized carbons (Fsp3) is 0.200. The first kappa shape index (κ1) is 12.2. The number of thioether (sulfide) groups is 1. The fourth-order valence-corrected chi connectivity index (χ4v) is 2.63. The summed E-state index contributed by atoms with van der Waals surface area (Å²) in [5, 5.41) is 0. The van der Waals surface area contributed by atoms with Crippen LogP contribution < -0.4 is 5.73 Å². The molecule has 0 saturated carbocycles. The van der Waals surface area contributed by atoms with Crippen molar-refractivity contribution in [2.45, 2.75) is 24.1 Å². The van der Waals surface area contributed by atoms with Crippen LogP contribution in [0.15, 0.2) is 53.4 Å². The van der Waals surface area contributed by atoms with E-state index in [0.717, 1.165) is 5.75 Å². The Morgan fingerprint density at radius 3 is 2.24 bits per heavy atom. The van der Waals surface area contributed by atoms with Crippen molar-refractivity contribution in [1.29, 1.82) is 0 Å². The van der Waals surface area contributed by atoms with Gasteiger partial charge in [0.15, 0.2) is 0 Å². The molecule has 88 valence electrons. The maximum absolute atomic E-state index is 5.73. The number of nitrogens with two attached hydrogens (primary N) is 1.